The van der Waals surface area contributed by atoms with E-state index in [0.717, 1.165) is 16.8 Å². The summed E-state index contributed by atoms with van der Waals surface area (Å²) < 4.78 is 0. The molecule has 0 spiro atoms. The number of fused-ring (bicyclic) bond motifs is 1. The minimum Gasteiger partial charge on any atom is -0.325 e. The normalized spacial score (nSPS) is 16.4. The average molecular weight is 366 g/mol. The van der Waals surface area contributed by atoms with Crippen molar-refractivity contribution in [1.29, 1.82) is 0 Å². The van der Waals surface area contributed by atoms with Crippen LogP contribution in [-0.2, 0) is 4.79 Å². The molecular formula is C21H19NOS2. The lowest BCUT2D eigenvalue weighted by Crippen LogP contribution is -2.22. The van der Waals surface area contributed by atoms with Gasteiger partial charge in [0.05, 0.1) is 5.69 Å². The number of aryl methyl sites for hydroxylation is 1. The average Bonchev–Trinajstić information content (AvgIpc) is 3.05. The van der Waals surface area contributed by atoms with Gasteiger partial charge in [-0.3, -0.25) is 4.79 Å². The fourth-order valence-corrected chi connectivity index (χ4v) is 4.85. The van der Waals surface area contributed by atoms with Crippen molar-refractivity contribution in [2.24, 2.45) is 0 Å². The van der Waals surface area contributed by atoms with Crippen molar-refractivity contribution in [3.05, 3.63) is 69.9 Å². The van der Waals surface area contributed by atoms with Gasteiger partial charge < -0.3 is 5.32 Å². The molecule has 2 aromatic carbocycles. The van der Waals surface area contributed by atoms with Gasteiger partial charge in [-0.25, -0.2) is 0 Å². The number of hydrogen-bond acceptors (Lipinski definition) is 3. The van der Waals surface area contributed by atoms with Crippen molar-refractivity contribution in [3.63, 3.8) is 0 Å². The number of thioether (sulfide) groups is 1. The van der Waals surface area contributed by atoms with E-state index in [1.165, 1.54) is 20.9 Å². The molecule has 1 N–H and O–H groups in total. The zero-order chi connectivity index (χ0) is 17.4. The van der Waals surface area contributed by atoms with Crippen LogP contribution in [0.1, 0.15) is 28.3 Å². The van der Waals surface area contributed by atoms with Crippen molar-refractivity contribution in [3.8, 4) is 11.1 Å². The van der Waals surface area contributed by atoms with Crippen LogP contribution in [0.4, 0.5) is 5.69 Å². The van der Waals surface area contributed by atoms with Crippen LogP contribution in [0.3, 0.4) is 0 Å². The summed E-state index contributed by atoms with van der Waals surface area (Å²) in [4.78, 5) is 14.9. The molecule has 0 radical (unpaired) electrons. The fourth-order valence-electron chi connectivity index (χ4n) is 3.28. The summed E-state index contributed by atoms with van der Waals surface area (Å²) in [6, 6.07) is 17.1. The molecule has 25 heavy (non-hydrogen) atoms. The third-order valence-electron chi connectivity index (χ3n) is 4.67. The van der Waals surface area contributed by atoms with Gasteiger partial charge in [0.15, 0.2) is 0 Å². The number of carbonyl (C=O) groups excluding carboxylic acids is 1. The smallest absolute Gasteiger partial charge is 0.225 e. The quantitative estimate of drug-likeness (QED) is 0.584. The number of hydrogen-bond donors (Lipinski definition) is 1. The van der Waals surface area contributed by atoms with E-state index in [4.69, 9.17) is 0 Å². The maximum Gasteiger partial charge on any atom is 0.225 e. The summed E-state index contributed by atoms with van der Waals surface area (Å²) in [5, 5.41) is 5.28. The molecule has 0 aliphatic carbocycles. The van der Waals surface area contributed by atoms with Gasteiger partial charge in [-0.2, -0.15) is 0 Å². The Kier molecular flexibility index (Phi) is 4.40. The molecule has 1 amide bonds. The third-order valence-corrected chi connectivity index (χ3v) is 6.51. The van der Waals surface area contributed by atoms with Crippen LogP contribution in [0.2, 0.25) is 0 Å². The first kappa shape index (κ1) is 16.4. The largest absolute Gasteiger partial charge is 0.325 e. The molecule has 1 aliphatic rings. The zero-order valence-electron chi connectivity index (χ0n) is 14.2. The van der Waals surface area contributed by atoms with Crippen LogP contribution in [0.25, 0.3) is 11.1 Å². The van der Waals surface area contributed by atoms with E-state index in [1.54, 1.807) is 23.1 Å². The number of benzene rings is 2. The molecule has 0 saturated carbocycles. The molecule has 2 nitrogen and oxygen atoms in total. The van der Waals surface area contributed by atoms with Gasteiger partial charge in [0.25, 0.3) is 0 Å². The first-order valence-corrected chi connectivity index (χ1v) is 10.4. The Hall–Kier alpha value is -2.04. The van der Waals surface area contributed by atoms with E-state index in [9.17, 15) is 4.79 Å². The molecule has 126 valence electrons. The molecule has 2 heterocycles. The highest BCUT2D eigenvalue weighted by Gasteiger charge is 2.30. The van der Waals surface area contributed by atoms with Gasteiger partial charge >= 0.3 is 0 Å². The first-order valence-electron chi connectivity index (χ1n) is 8.28. The first-order chi connectivity index (χ1) is 12.2. The molecule has 0 fully saturated rings. The Bertz CT molecular complexity index is 910. The van der Waals surface area contributed by atoms with Gasteiger partial charge in [0.2, 0.25) is 5.91 Å². The Morgan fingerprint density at radius 2 is 1.80 bits per heavy atom. The molecule has 0 bridgehead atoms. The van der Waals surface area contributed by atoms with Crippen LogP contribution >= 0.6 is 23.1 Å². The second-order valence-electron chi connectivity index (χ2n) is 6.33. The number of anilines is 1. The Morgan fingerprint density at radius 3 is 2.48 bits per heavy atom. The van der Waals surface area contributed by atoms with Gasteiger partial charge in [0, 0.05) is 33.1 Å². The molecule has 4 heteroatoms. The predicted molar refractivity (Wildman–Crippen MR) is 108 cm³/mol. The maximum absolute atomic E-state index is 12.4. The van der Waals surface area contributed by atoms with Crippen LogP contribution in [0.5, 0.6) is 0 Å². The number of thiophene rings is 1. The molecule has 1 aromatic heterocycles. The van der Waals surface area contributed by atoms with E-state index < -0.39 is 0 Å². The minimum atomic E-state index is 0.0956. The van der Waals surface area contributed by atoms with Crippen LogP contribution in [0.15, 0.2) is 58.8 Å². The summed E-state index contributed by atoms with van der Waals surface area (Å²) in [5.74, 6) is 0.238. The minimum absolute atomic E-state index is 0.0956. The van der Waals surface area contributed by atoms with E-state index in [1.807, 2.05) is 0 Å². The zero-order valence-corrected chi connectivity index (χ0v) is 15.8. The Labute approximate surface area is 156 Å². The summed E-state index contributed by atoms with van der Waals surface area (Å²) in [7, 11) is 0. The number of nitrogens with one attached hydrogen (secondary N) is 1. The molecule has 4 rings (SSSR count). The monoisotopic (exact) mass is 365 g/mol. The summed E-state index contributed by atoms with van der Waals surface area (Å²) in [6.45, 7) is 2.09. The van der Waals surface area contributed by atoms with Gasteiger partial charge in [-0.15, -0.1) is 23.1 Å². The number of rotatable bonds is 3. The third kappa shape index (κ3) is 3.12. The topological polar surface area (TPSA) is 29.1 Å². The van der Waals surface area contributed by atoms with E-state index in [-0.39, 0.29) is 11.8 Å². The predicted octanol–water partition coefficient (Wildman–Crippen LogP) is 5.92. The van der Waals surface area contributed by atoms with Crippen molar-refractivity contribution in [1.82, 2.24) is 0 Å². The van der Waals surface area contributed by atoms with Crippen LogP contribution in [0, 0.1) is 6.92 Å². The lowest BCUT2D eigenvalue weighted by molar-refractivity contribution is -0.116. The Morgan fingerprint density at radius 1 is 1.08 bits per heavy atom. The number of carbonyl (C=O) groups is 1. The van der Waals surface area contributed by atoms with Crippen molar-refractivity contribution >= 4 is 34.7 Å². The van der Waals surface area contributed by atoms with Crippen molar-refractivity contribution in [2.75, 3.05) is 11.6 Å². The van der Waals surface area contributed by atoms with Crippen molar-refractivity contribution in [2.45, 2.75) is 24.2 Å². The van der Waals surface area contributed by atoms with Gasteiger partial charge in [-0.05, 0) is 36.4 Å². The van der Waals surface area contributed by atoms with E-state index in [2.05, 4.69) is 72.4 Å². The van der Waals surface area contributed by atoms with E-state index in [0.29, 0.717) is 6.42 Å². The standard InChI is InChI=1S/C21H19NOS2/c1-13-3-5-15(6-4-13)18-12-25-21-17(11-19(23)22-20(18)21)14-7-9-16(24-2)10-8-14/h3-10,12,17H,11H2,1-2H3,(H,22,23)/t17-/m0/s1. The molecule has 1 aliphatic heterocycles. The second-order valence-corrected chi connectivity index (χ2v) is 8.12. The molecule has 3 aromatic rings. The maximum atomic E-state index is 12.4. The Balaban J connectivity index is 1.76. The van der Waals surface area contributed by atoms with Crippen LogP contribution in [-0.4, -0.2) is 12.2 Å². The summed E-state index contributed by atoms with van der Waals surface area (Å²) in [5.41, 5.74) is 5.72. The lowest BCUT2D eigenvalue weighted by atomic mass is 9.89. The number of amides is 1. The van der Waals surface area contributed by atoms with E-state index >= 15 is 0 Å². The van der Waals surface area contributed by atoms with Crippen molar-refractivity contribution < 1.29 is 4.79 Å². The van der Waals surface area contributed by atoms with Gasteiger partial charge in [0.1, 0.15) is 0 Å². The molecule has 0 unspecified atom stereocenters. The van der Waals surface area contributed by atoms with Gasteiger partial charge in [-0.1, -0.05) is 42.0 Å². The second kappa shape index (κ2) is 6.70. The fraction of sp³-hybridized carbons (Fsp3) is 0.190. The summed E-state index contributed by atoms with van der Waals surface area (Å²) in [6.07, 6.45) is 2.59. The van der Waals surface area contributed by atoms with Crippen LogP contribution < -0.4 is 5.32 Å². The highest BCUT2D eigenvalue weighted by atomic mass is 32.2. The molecule has 0 saturated heterocycles. The lowest BCUT2D eigenvalue weighted by Gasteiger charge is -2.24. The summed E-state index contributed by atoms with van der Waals surface area (Å²) >= 11 is 3.48. The highest BCUT2D eigenvalue weighted by Crippen LogP contribution is 2.46. The molecule has 1 atom stereocenters. The SMILES string of the molecule is CSc1ccc([C@@H]2CC(=O)Nc3c(-c4ccc(C)cc4)csc32)cc1. The molecular weight excluding hydrogens is 346 g/mol. The highest BCUT2D eigenvalue weighted by molar-refractivity contribution is 7.98.